The van der Waals surface area contributed by atoms with Crippen molar-refractivity contribution in [2.45, 2.75) is 32.8 Å². The molecule has 0 bridgehead atoms. The molecule has 0 spiro atoms. The van der Waals surface area contributed by atoms with Gasteiger partial charge in [-0.2, -0.15) is 0 Å². The topological polar surface area (TPSA) is 78.8 Å². The van der Waals surface area contributed by atoms with E-state index in [2.05, 4.69) is 6.92 Å². The van der Waals surface area contributed by atoms with Crippen molar-refractivity contribution in [1.82, 2.24) is 0 Å². The van der Waals surface area contributed by atoms with Crippen LogP contribution in [0.4, 0.5) is 0 Å². The molecular formula is C19H21KO5. The number of carbonyl (C=O) groups is 1. The van der Waals surface area contributed by atoms with E-state index in [9.17, 15) is 15.0 Å². The molecule has 128 valence electrons. The Morgan fingerprint density at radius 2 is 1.80 bits per heavy atom. The van der Waals surface area contributed by atoms with Crippen LogP contribution in [0.25, 0.3) is 0 Å². The van der Waals surface area contributed by atoms with E-state index in [1.807, 2.05) is 24.3 Å². The first-order valence-corrected chi connectivity index (χ1v) is 7.99. The summed E-state index contributed by atoms with van der Waals surface area (Å²) in [5, 5.41) is 20.7. The van der Waals surface area contributed by atoms with Crippen molar-refractivity contribution in [3.8, 4) is 17.2 Å². The minimum absolute atomic E-state index is 0. The zero-order valence-corrected chi connectivity index (χ0v) is 17.8. The van der Waals surface area contributed by atoms with Crippen LogP contribution in [0.3, 0.4) is 0 Å². The molecule has 0 heterocycles. The molecule has 0 aliphatic heterocycles. The number of benzene rings is 2. The number of hydrogen-bond acceptors (Lipinski definition) is 5. The van der Waals surface area contributed by atoms with E-state index < -0.39 is 5.97 Å². The average molecular weight is 368 g/mol. The van der Waals surface area contributed by atoms with Gasteiger partial charge < -0.3 is 24.5 Å². The first kappa shape index (κ1) is 22.0. The van der Waals surface area contributed by atoms with Crippen LogP contribution in [0.15, 0.2) is 42.5 Å². The normalized spacial score (nSPS) is 9.96. The van der Waals surface area contributed by atoms with Gasteiger partial charge >= 0.3 is 51.4 Å². The van der Waals surface area contributed by atoms with E-state index in [0.29, 0.717) is 6.61 Å². The van der Waals surface area contributed by atoms with E-state index >= 15 is 0 Å². The van der Waals surface area contributed by atoms with Crippen LogP contribution >= 0.6 is 0 Å². The first-order chi connectivity index (χ1) is 11.6. The van der Waals surface area contributed by atoms with Crippen molar-refractivity contribution < 1.29 is 75.9 Å². The molecule has 1 N–H and O–H groups in total. The van der Waals surface area contributed by atoms with Gasteiger partial charge in [-0.05, 0) is 36.2 Å². The van der Waals surface area contributed by atoms with Gasteiger partial charge in [0.25, 0.3) is 0 Å². The maximum atomic E-state index is 11.1. The third-order valence-electron chi connectivity index (χ3n) is 3.54. The Bertz CT molecular complexity index is 670. The average Bonchev–Trinajstić information content (AvgIpc) is 2.57. The van der Waals surface area contributed by atoms with Gasteiger partial charge in [0.05, 0.1) is 18.1 Å². The summed E-state index contributed by atoms with van der Waals surface area (Å²) in [7, 11) is 0. The number of carboxylic acid groups (broad SMARTS) is 1. The number of hydrogen-bond donors (Lipinski definition) is 1. The third kappa shape index (κ3) is 6.99. The van der Waals surface area contributed by atoms with E-state index in [4.69, 9.17) is 9.47 Å². The molecular weight excluding hydrogens is 347 g/mol. The van der Waals surface area contributed by atoms with Crippen molar-refractivity contribution in [2.75, 3.05) is 6.61 Å². The van der Waals surface area contributed by atoms with Gasteiger partial charge in [-0.3, -0.25) is 0 Å². The molecule has 0 fully saturated rings. The van der Waals surface area contributed by atoms with Crippen LogP contribution in [0.1, 0.15) is 42.1 Å². The molecule has 0 radical (unpaired) electrons. The number of phenols is 1. The second-order valence-electron chi connectivity index (χ2n) is 5.43. The Hall–Kier alpha value is -1.05. The second-order valence-corrected chi connectivity index (χ2v) is 5.43. The number of carboxylic acids is 1. The molecule has 2 aromatic carbocycles. The summed E-state index contributed by atoms with van der Waals surface area (Å²) in [4.78, 5) is 11.1. The molecule has 0 aliphatic rings. The fourth-order valence-electron chi connectivity index (χ4n) is 2.23. The summed E-state index contributed by atoms with van der Waals surface area (Å²) in [6.07, 6.45) is 3.34. The van der Waals surface area contributed by atoms with Crippen LogP contribution in [0.5, 0.6) is 17.2 Å². The smallest absolute Gasteiger partial charge is 0.545 e. The summed E-state index contributed by atoms with van der Waals surface area (Å²) < 4.78 is 11.1. The number of ether oxygens (including phenoxy) is 2. The van der Waals surface area contributed by atoms with Crippen LogP contribution < -0.4 is 66.0 Å². The van der Waals surface area contributed by atoms with Gasteiger partial charge in [0, 0.05) is 0 Å². The van der Waals surface area contributed by atoms with E-state index in [1.165, 1.54) is 18.2 Å². The van der Waals surface area contributed by atoms with Crippen LogP contribution in [0.2, 0.25) is 0 Å². The van der Waals surface area contributed by atoms with Crippen molar-refractivity contribution in [3.63, 3.8) is 0 Å². The second kappa shape index (κ2) is 11.5. The largest absolute Gasteiger partial charge is 1.00 e. The number of aromatic carboxylic acids is 1. The molecule has 5 nitrogen and oxygen atoms in total. The summed E-state index contributed by atoms with van der Waals surface area (Å²) in [5.41, 5.74) is 0.525. The summed E-state index contributed by atoms with van der Waals surface area (Å²) in [6, 6.07) is 11.7. The number of carbonyl (C=O) groups excluding carboxylic acids is 1. The fourth-order valence-corrected chi connectivity index (χ4v) is 2.23. The molecule has 6 heteroatoms. The fraction of sp³-hybridized carbons (Fsp3) is 0.316. The molecule has 0 saturated heterocycles. The molecule has 0 aliphatic carbocycles. The van der Waals surface area contributed by atoms with Crippen LogP contribution in [0, 0.1) is 0 Å². The van der Waals surface area contributed by atoms with Gasteiger partial charge in [-0.1, -0.05) is 38.0 Å². The molecule has 0 aromatic heterocycles. The minimum atomic E-state index is -1.47. The van der Waals surface area contributed by atoms with Crippen LogP contribution in [-0.2, 0) is 6.61 Å². The molecule has 0 unspecified atom stereocenters. The van der Waals surface area contributed by atoms with Crippen molar-refractivity contribution >= 4 is 5.97 Å². The van der Waals surface area contributed by atoms with E-state index in [-0.39, 0.29) is 75.1 Å². The van der Waals surface area contributed by atoms with Gasteiger partial charge in [0.15, 0.2) is 0 Å². The maximum Gasteiger partial charge on any atom is 1.00 e. The third-order valence-corrected chi connectivity index (χ3v) is 3.54. The SMILES string of the molecule is CCCCCOc1ccc(COc2cccc(O)c2C(=O)[O-])cc1.[K+]. The molecule has 0 saturated carbocycles. The molecule has 2 rings (SSSR count). The Morgan fingerprint density at radius 3 is 2.44 bits per heavy atom. The molecule has 0 atom stereocenters. The van der Waals surface area contributed by atoms with E-state index in [0.717, 1.165) is 30.6 Å². The zero-order valence-electron chi connectivity index (χ0n) is 14.7. The number of unbranched alkanes of at least 4 members (excludes halogenated alkanes) is 2. The minimum Gasteiger partial charge on any atom is -0.545 e. The predicted octanol–water partition coefficient (Wildman–Crippen LogP) is -0.0923. The summed E-state index contributed by atoms with van der Waals surface area (Å²) in [5.74, 6) is -0.972. The Morgan fingerprint density at radius 1 is 1.08 bits per heavy atom. The Labute approximate surface area is 190 Å². The van der Waals surface area contributed by atoms with E-state index in [1.54, 1.807) is 0 Å². The van der Waals surface area contributed by atoms with Gasteiger partial charge in [-0.15, -0.1) is 0 Å². The first-order valence-electron chi connectivity index (χ1n) is 7.99. The maximum absolute atomic E-state index is 11.1. The quantitative estimate of drug-likeness (QED) is 0.494. The summed E-state index contributed by atoms with van der Waals surface area (Å²) >= 11 is 0. The monoisotopic (exact) mass is 368 g/mol. The number of rotatable bonds is 9. The zero-order chi connectivity index (χ0) is 17.4. The number of aromatic hydroxyl groups is 1. The van der Waals surface area contributed by atoms with Crippen molar-refractivity contribution in [3.05, 3.63) is 53.6 Å². The van der Waals surface area contributed by atoms with Crippen LogP contribution in [-0.4, -0.2) is 17.7 Å². The van der Waals surface area contributed by atoms with Crippen molar-refractivity contribution in [2.24, 2.45) is 0 Å². The molecule has 2 aromatic rings. The molecule has 0 amide bonds. The van der Waals surface area contributed by atoms with Crippen molar-refractivity contribution in [1.29, 1.82) is 0 Å². The standard InChI is InChI=1S/C19H22O5.K/c1-2-3-4-12-23-15-10-8-14(9-11-15)13-24-17-7-5-6-16(20)18(17)19(21)22;/h5-11,20H,2-4,12-13H2,1H3,(H,21,22);/q;+1/p-1. The Balaban J connectivity index is 0.00000312. The van der Waals surface area contributed by atoms with Gasteiger partial charge in [-0.25, -0.2) is 0 Å². The Kier molecular flexibility index (Phi) is 10.2. The van der Waals surface area contributed by atoms with Gasteiger partial charge in [0.2, 0.25) is 0 Å². The molecule has 25 heavy (non-hydrogen) atoms. The summed E-state index contributed by atoms with van der Waals surface area (Å²) in [6.45, 7) is 3.02. The predicted molar refractivity (Wildman–Crippen MR) is 88.2 cm³/mol. The van der Waals surface area contributed by atoms with Gasteiger partial charge in [0.1, 0.15) is 23.9 Å².